The third kappa shape index (κ3) is 8.53. The summed E-state index contributed by atoms with van der Waals surface area (Å²) in [5.74, 6) is -0.453. The van der Waals surface area contributed by atoms with E-state index in [4.69, 9.17) is 36.3 Å². The number of carbonyl (C=O) groups excluding carboxylic acids is 2. The molecule has 2 aromatic rings. The number of benzene rings is 1. The fourth-order valence-electron chi connectivity index (χ4n) is 5.22. The third-order valence-corrected chi connectivity index (χ3v) is 7.73. The van der Waals surface area contributed by atoms with Crippen LogP contribution in [-0.2, 0) is 30.4 Å². The van der Waals surface area contributed by atoms with Crippen molar-refractivity contribution in [3.05, 3.63) is 70.1 Å². The van der Waals surface area contributed by atoms with Gasteiger partial charge in [0.05, 0.1) is 24.8 Å². The molecule has 2 aliphatic rings. The van der Waals surface area contributed by atoms with Crippen LogP contribution in [0.15, 0.2) is 53.9 Å². The number of pyridine rings is 1. The van der Waals surface area contributed by atoms with E-state index in [0.717, 1.165) is 24.0 Å². The topological polar surface area (TPSA) is 113 Å². The Balaban J connectivity index is 1.53. The van der Waals surface area contributed by atoms with Crippen LogP contribution >= 0.6 is 11.6 Å². The maximum absolute atomic E-state index is 13.8. The first kappa shape index (κ1) is 31.9. The highest BCUT2D eigenvalue weighted by Crippen LogP contribution is 2.38. The monoisotopic (exact) mass is 599 g/mol. The molecule has 0 spiro atoms. The smallest absolute Gasteiger partial charge is 0.336 e. The number of carbonyl (C=O) groups is 2. The molecule has 0 saturated carbocycles. The van der Waals surface area contributed by atoms with Gasteiger partial charge in [0.25, 0.3) is 0 Å². The lowest BCUT2D eigenvalue weighted by Crippen LogP contribution is -2.42. The van der Waals surface area contributed by atoms with Gasteiger partial charge in [-0.05, 0) is 65.2 Å². The molecule has 1 aromatic carbocycles. The standard InChI is InChI=1S/C32H42ClN3O6/c1-21-29(25(22-12-13-27(33)35-18-22)17-28(37)36(21)19-24-10-8-15-39-24)30(38)40-20-23-9-6-7-11-26(23)42-31(2,3)14-16-41-32(4,5)34/h6-7,9,11-13,18,24-25H,8,10,14-17,19-20,34H2,1-5H3/t24-,25?/m1/s1. The lowest BCUT2D eigenvalue weighted by Gasteiger charge is -2.35. The summed E-state index contributed by atoms with van der Waals surface area (Å²) in [5, 5.41) is 0.337. The zero-order valence-electron chi connectivity index (χ0n) is 25.2. The van der Waals surface area contributed by atoms with Gasteiger partial charge in [0.15, 0.2) is 0 Å². The van der Waals surface area contributed by atoms with Crippen molar-refractivity contribution in [1.29, 1.82) is 0 Å². The molecule has 2 atom stereocenters. The van der Waals surface area contributed by atoms with Crippen LogP contribution in [0.1, 0.15) is 77.3 Å². The Labute approximate surface area is 253 Å². The summed E-state index contributed by atoms with van der Waals surface area (Å²) < 4.78 is 23.7. The summed E-state index contributed by atoms with van der Waals surface area (Å²) in [6.07, 6.45) is 4.12. The van der Waals surface area contributed by atoms with Gasteiger partial charge in [0.1, 0.15) is 28.8 Å². The van der Waals surface area contributed by atoms with Gasteiger partial charge >= 0.3 is 5.97 Å². The van der Waals surface area contributed by atoms with Gasteiger partial charge in [-0.1, -0.05) is 35.9 Å². The van der Waals surface area contributed by atoms with E-state index in [1.54, 1.807) is 44.0 Å². The summed E-state index contributed by atoms with van der Waals surface area (Å²) in [6.45, 7) is 10.9. The summed E-state index contributed by atoms with van der Waals surface area (Å²) in [4.78, 5) is 32.9. The van der Waals surface area contributed by atoms with Crippen molar-refractivity contribution >= 4 is 23.5 Å². The highest BCUT2D eigenvalue weighted by atomic mass is 35.5. The van der Waals surface area contributed by atoms with Gasteiger partial charge in [-0.2, -0.15) is 0 Å². The zero-order chi connectivity index (χ0) is 30.5. The fourth-order valence-corrected chi connectivity index (χ4v) is 5.33. The SMILES string of the molecule is CC1=C(C(=O)OCc2ccccc2OC(C)(C)CCOC(C)(C)N)C(c2ccc(Cl)nc2)CC(=O)N1C[C@H]1CCCO1. The third-order valence-electron chi connectivity index (χ3n) is 7.50. The van der Waals surface area contributed by atoms with Crippen LogP contribution in [0, 0.1) is 0 Å². The van der Waals surface area contributed by atoms with E-state index in [9.17, 15) is 9.59 Å². The first-order chi connectivity index (χ1) is 19.8. The predicted octanol–water partition coefficient (Wildman–Crippen LogP) is 5.51. The average molecular weight is 600 g/mol. The minimum atomic E-state index is -0.724. The van der Waals surface area contributed by atoms with Gasteiger partial charge < -0.3 is 29.6 Å². The molecule has 2 N–H and O–H groups in total. The van der Waals surface area contributed by atoms with E-state index >= 15 is 0 Å². The number of halogens is 1. The molecule has 10 heteroatoms. The van der Waals surface area contributed by atoms with E-state index in [2.05, 4.69) is 4.98 Å². The molecule has 0 bridgehead atoms. The number of esters is 1. The number of hydrogen-bond donors (Lipinski definition) is 1. The lowest BCUT2D eigenvalue weighted by atomic mass is 9.84. The molecule has 3 heterocycles. The van der Waals surface area contributed by atoms with Crippen molar-refractivity contribution in [2.24, 2.45) is 5.73 Å². The molecule has 42 heavy (non-hydrogen) atoms. The average Bonchev–Trinajstić information content (AvgIpc) is 3.43. The van der Waals surface area contributed by atoms with Crippen molar-refractivity contribution in [3.63, 3.8) is 0 Å². The van der Waals surface area contributed by atoms with E-state index in [1.165, 1.54) is 0 Å². The molecule has 228 valence electrons. The zero-order valence-corrected chi connectivity index (χ0v) is 25.9. The summed E-state index contributed by atoms with van der Waals surface area (Å²) in [6, 6.07) is 10.9. The van der Waals surface area contributed by atoms with Crippen molar-refractivity contribution in [2.75, 3.05) is 19.8 Å². The normalized spacial score (nSPS) is 19.8. The Morgan fingerprint density at radius 2 is 1.95 bits per heavy atom. The minimum absolute atomic E-state index is 0.000528. The number of nitrogens with two attached hydrogens (primary N) is 1. The first-order valence-electron chi connectivity index (χ1n) is 14.4. The molecule has 0 radical (unpaired) electrons. The fraction of sp³-hybridized carbons (Fsp3) is 0.531. The number of amides is 1. The number of nitrogens with zero attached hydrogens (tertiary/aromatic N) is 2. The van der Waals surface area contributed by atoms with Crippen LogP contribution in [0.4, 0.5) is 0 Å². The Hall–Kier alpha value is -2.98. The summed E-state index contributed by atoms with van der Waals surface area (Å²) in [7, 11) is 0. The number of para-hydroxylation sites is 1. The molecule has 1 fully saturated rings. The molecular weight excluding hydrogens is 558 g/mol. The molecule has 1 amide bonds. The van der Waals surface area contributed by atoms with Gasteiger partial charge in [0.2, 0.25) is 5.91 Å². The Morgan fingerprint density at radius 1 is 1.19 bits per heavy atom. The van der Waals surface area contributed by atoms with Crippen LogP contribution in [0.5, 0.6) is 5.75 Å². The maximum Gasteiger partial charge on any atom is 0.336 e. The molecule has 9 nitrogen and oxygen atoms in total. The van der Waals surface area contributed by atoms with Gasteiger partial charge in [-0.25, -0.2) is 9.78 Å². The van der Waals surface area contributed by atoms with Crippen molar-refractivity contribution in [3.8, 4) is 5.75 Å². The first-order valence-corrected chi connectivity index (χ1v) is 14.8. The molecular formula is C32H42ClN3O6. The quantitative estimate of drug-likeness (QED) is 0.193. The van der Waals surface area contributed by atoms with E-state index < -0.39 is 23.2 Å². The number of hydrogen-bond acceptors (Lipinski definition) is 8. The van der Waals surface area contributed by atoms with Crippen molar-refractivity contribution in [2.45, 2.75) is 90.3 Å². The highest BCUT2D eigenvalue weighted by Gasteiger charge is 2.38. The molecule has 1 saturated heterocycles. The van der Waals surface area contributed by atoms with Crippen LogP contribution in [0.2, 0.25) is 5.15 Å². The second-order valence-electron chi connectivity index (χ2n) is 12.1. The van der Waals surface area contributed by atoms with Crippen LogP contribution in [0.3, 0.4) is 0 Å². The Morgan fingerprint density at radius 3 is 2.62 bits per heavy atom. The number of aromatic nitrogens is 1. The number of allylic oxidation sites excluding steroid dienone is 1. The largest absolute Gasteiger partial charge is 0.487 e. The molecule has 1 unspecified atom stereocenters. The van der Waals surface area contributed by atoms with Crippen LogP contribution < -0.4 is 10.5 Å². The second-order valence-corrected chi connectivity index (χ2v) is 12.4. The Kier molecular flexibility index (Phi) is 10.3. The van der Waals surface area contributed by atoms with E-state index in [1.807, 2.05) is 38.1 Å². The Bertz CT molecular complexity index is 1280. The molecule has 4 rings (SSSR count). The van der Waals surface area contributed by atoms with Crippen molar-refractivity contribution in [1.82, 2.24) is 9.88 Å². The minimum Gasteiger partial charge on any atom is -0.487 e. The molecule has 2 aliphatic heterocycles. The van der Waals surface area contributed by atoms with Crippen LogP contribution in [0.25, 0.3) is 0 Å². The van der Waals surface area contributed by atoms with Crippen LogP contribution in [-0.4, -0.2) is 58.9 Å². The van der Waals surface area contributed by atoms with Gasteiger partial charge in [0, 0.05) is 42.8 Å². The number of ether oxygens (including phenoxy) is 4. The summed E-state index contributed by atoms with van der Waals surface area (Å²) >= 11 is 6.02. The number of rotatable bonds is 12. The molecule has 0 aliphatic carbocycles. The van der Waals surface area contributed by atoms with E-state index in [-0.39, 0.29) is 25.0 Å². The van der Waals surface area contributed by atoms with Gasteiger partial charge in [-0.3, -0.25) is 4.79 Å². The lowest BCUT2D eigenvalue weighted by molar-refractivity contribution is -0.141. The molecule has 1 aromatic heterocycles. The predicted molar refractivity (Wildman–Crippen MR) is 160 cm³/mol. The maximum atomic E-state index is 13.8. The second kappa shape index (κ2) is 13.5. The van der Waals surface area contributed by atoms with E-state index in [0.29, 0.717) is 48.4 Å². The highest BCUT2D eigenvalue weighted by molar-refractivity contribution is 6.29. The van der Waals surface area contributed by atoms with Gasteiger partial charge in [-0.15, -0.1) is 0 Å². The summed E-state index contributed by atoms with van der Waals surface area (Å²) in [5.41, 5.74) is 7.11. The van der Waals surface area contributed by atoms with Crippen molar-refractivity contribution < 1.29 is 28.5 Å².